The first-order chi connectivity index (χ1) is 12.0. The molecule has 3 aromatic rings. The van der Waals surface area contributed by atoms with Gasteiger partial charge in [0.15, 0.2) is 0 Å². The van der Waals surface area contributed by atoms with Crippen LogP contribution in [0.5, 0.6) is 11.6 Å². The Morgan fingerprint density at radius 1 is 1.12 bits per heavy atom. The van der Waals surface area contributed by atoms with Crippen LogP contribution in [0.3, 0.4) is 0 Å². The predicted molar refractivity (Wildman–Crippen MR) is 95.6 cm³/mol. The highest BCUT2D eigenvalue weighted by atomic mass is 16.5. The number of ether oxygens (including phenoxy) is 1. The first-order valence-corrected chi connectivity index (χ1v) is 8.53. The lowest BCUT2D eigenvalue weighted by Gasteiger charge is -2.11. The third kappa shape index (κ3) is 3.70. The Labute approximate surface area is 147 Å². The number of unbranched alkanes of at least 4 members (excludes halogenated alkanes) is 1. The maximum atomic E-state index is 6.08. The van der Waals surface area contributed by atoms with Gasteiger partial charge in [-0.3, -0.25) is 0 Å². The van der Waals surface area contributed by atoms with Crippen molar-refractivity contribution in [3.63, 3.8) is 0 Å². The van der Waals surface area contributed by atoms with Gasteiger partial charge in [-0.15, -0.1) is 10.2 Å². The molecule has 0 amide bonds. The molecule has 0 N–H and O–H groups in total. The minimum Gasteiger partial charge on any atom is -0.437 e. The SMILES string of the molecule is CCCCc1nc(Oc2c(C)cc(-c3nnn(C)n3)cc2C)cn1C. The number of tetrazole rings is 1. The molecule has 0 atom stereocenters. The molecule has 7 heteroatoms. The van der Waals surface area contributed by atoms with Crippen LogP contribution in [0.4, 0.5) is 0 Å². The summed E-state index contributed by atoms with van der Waals surface area (Å²) in [4.78, 5) is 6.07. The molecule has 0 bridgehead atoms. The van der Waals surface area contributed by atoms with E-state index in [0.717, 1.165) is 47.5 Å². The molecule has 0 aliphatic rings. The van der Waals surface area contributed by atoms with Gasteiger partial charge < -0.3 is 9.30 Å². The van der Waals surface area contributed by atoms with Crippen molar-refractivity contribution in [2.24, 2.45) is 14.1 Å². The van der Waals surface area contributed by atoms with E-state index >= 15 is 0 Å². The molecule has 2 heterocycles. The first kappa shape index (κ1) is 17.1. The van der Waals surface area contributed by atoms with E-state index < -0.39 is 0 Å². The minimum atomic E-state index is 0.611. The summed E-state index contributed by atoms with van der Waals surface area (Å²) in [5.41, 5.74) is 2.96. The van der Waals surface area contributed by atoms with Crippen molar-refractivity contribution in [2.45, 2.75) is 40.0 Å². The number of hydrogen-bond acceptors (Lipinski definition) is 5. The van der Waals surface area contributed by atoms with Gasteiger partial charge in [-0.1, -0.05) is 13.3 Å². The normalized spacial score (nSPS) is 11.1. The highest BCUT2D eigenvalue weighted by Crippen LogP contribution is 2.32. The number of aromatic nitrogens is 6. The standard InChI is InChI=1S/C18H24N6O/c1-6-7-8-15-19-16(11-23(15)4)25-17-12(2)9-14(10-13(17)3)18-20-22-24(5)21-18/h9-11H,6-8H2,1-5H3. The van der Waals surface area contributed by atoms with Gasteiger partial charge in [0.25, 0.3) is 0 Å². The number of benzene rings is 1. The molecule has 25 heavy (non-hydrogen) atoms. The number of imidazole rings is 1. The summed E-state index contributed by atoms with van der Waals surface area (Å²) >= 11 is 0. The largest absolute Gasteiger partial charge is 0.437 e. The van der Waals surface area contributed by atoms with Crippen molar-refractivity contribution in [1.29, 1.82) is 0 Å². The van der Waals surface area contributed by atoms with E-state index in [9.17, 15) is 0 Å². The molecule has 0 spiro atoms. The zero-order valence-electron chi connectivity index (χ0n) is 15.4. The van der Waals surface area contributed by atoms with Crippen LogP contribution in [0.2, 0.25) is 0 Å². The first-order valence-electron chi connectivity index (χ1n) is 8.53. The second kappa shape index (κ2) is 7.04. The van der Waals surface area contributed by atoms with E-state index in [1.54, 1.807) is 7.05 Å². The molecule has 0 unspecified atom stereocenters. The maximum Gasteiger partial charge on any atom is 0.237 e. The lowest BCUT2D eigenvalue weighted by molar-refractivity contribution is 0.457. The Bertz CT molecular complexity index is 857. The van der Waals surface area contributed by atoms with Crippen LogP contribution >= 0.6 is 0 Å². The van der Waals surface area contributed by atoms with Crippen molar-refractivity contribution in [2.75, 3.05) is 0 Å². The fraction of sp³-hybridized carbons (Fsp3) is 0.444. The van der Waals surface area contributed by atoms with Crippen molar-refractivity contribution >= 4 is 0 Å². The number of aryl methyl sites for hydroxylation is 5. The van der Waals surface area contributed by atoms with Gasteiger partial charge >= 0.3 is 0 Å². The van der Waals surface area contributed by atoms with Gasteiger partial charge in [0.05, 0.1) is 13.2 Å². The second-order valence-electron chi connectivity index (χ2n) is 6.35. The smallest absolute Gasteiger partial charge is 0.237 e. The third-order valence-corrected chi connectivity index (χ3v) is 4.14. The minimum absolute atomic E-state index is 0.611. The van der Waals surface area contributed by atoms with Crippen molar-refractivity contribution in [3.05, 3.63) is 35.3 Å². The van der Waals surface area contributed by atoms with Crippen LogP contribution in [-0.4, -0.2) is 29.8 Å². The fourth-order valence-corrected chi connectivity index (χ4v) is 2.84. The molecule has 3 rings (SSSR count). The van der Waals surface area contributed by atoms with E-state index in [1.807, 2.05) is 43.8 Å². The molecule has 1 aromatic carbocycles. The summed E-state index contributed by atoms with van der Waals surface area (Å²) in [6.07, 6.45) is 5.18. The molecular formula is C18H24N6O. The summed E-state index contributed by atoms with van der Waals surface area (Å²) in [6, 6.07) is 4.03. The molecule has 132 valence electrons. The van der Waals surface area contributed by atoms with E-state index in [-0.39, 0.29) is 0 Å². The summed E-state index contributed by atoms with van der Waals surface area (Å²) in [6.45, 7) is 6.22. The highest BCUT2D eigenvalue weighted by molar-refractivity contribution is 5.61. The van der Waals surface area contributed by atoms with Gasteiger partial charge in [-0.25, -0.2) is 0 Å². The average Bonchev–Trinajstić information content (AvgIpc) is 3.14. The summed E-state index contributed by atoms with van der Waals surface area (Å²) in [5, 5.41) is 12.2. The van der Waals surface area contributed by atoms with Crippen LogP contribution in [0.1, 0.15) is 36.7 Å². The van der Waals surface area contributed by atoms with Crippen LogP contribution in [0.25, 0.3) is 11.4 Å². The molecular weight excluding hydrogens is 316 g/mol. The molecule has 0 saturated carbocycles. The zero-order chi connectivity index (χ0) is 18.0. The Hall–Kier alpha value is -2.70. The number of rotatable bonds is 6. The highest BCUT2D eigenvalue weighted by Gasteiger charge is 2.14. The molecule has 0 radical (unpaired) electrons. The lowest BCUT2D eigenvalue weighted by Crippen LogP contribution is -1.96. The third-order valence-electron chi connectivity index (χ3n) is 4.14. The Balaban J connectivity index is 1.86. The predicted octanol–water partition coefficient (Wildman–Crippen LogP) is 3.36. The van der Waals surface area contributed by atoms with Gasteiger partial charge in [0.1, 0.15) is 11.6 Å². The summed E-state index contributed by atoms with van der Waals surface area (Å²) in [5.74, 6) is 3.12. The van der Waals surface area contributed by atoms with Crippen molar-refractivity contribution in [3.8, 4) is 23.0 Å². The lowest BCUT2D eigenvalue weighted by atomic mass is 10.1. The summed E-state index contributed by atoms with van der Waals surface area (Å²) < 4.78 is 8.12. The van der Waals surface area contributed by atoms with Gasteiger partial charge in [0, 0.05) is 19.0 Å². The average molecular weight is 340 g/mol. The van der Waals surface area contributed by atoms with E-state index in [1.165, 1.54) is 4.80 Å². The fourth-order valence-electron chi connectivity index (χ4n) is 2.84. The van der Waals surface area contributed by atoms with Gasteiger partial charge in [0.2, 0.25) is 11.7 Å². The molecule has 7 nitrogen and oxygen atoms in total. The Kier molecular flexibility index (Phi) is 4.83. The van der Waals surface area contributed by atoms with E-state index in [4.69, 9.17) is 4.74 Å². The topological polar surface area (TPSA) is 70.7 Å². The van der Waals surface area contributed by atoms with Gasteiger partial charge in [-0.05, 0) is 48.7 Å². The number of hydrogen-bond donors (Lipinski definition) is 0. The second-order valence-corrected chi connectivity index (χ2v) is 6.35. The monoisotopic (exact) mass is 340 g/mol. The molecule has 0 fully saturated rings. The summed E-state index contributed by atoms with van der Waals surface area (Å²) in [7, 11) is 3.76. The molecule has 0 saturated heterocycles. The van der Waals surface area contributed by atoms with Gasteiger partial charge in [-0.2, -0.15) is 9.78 Å². The molecule has 2 aromatic heterocycles. The zero-order valence-corrected chi connectivity index (χ0v) is 15.4. The molecule has 0 aliphatic heterocycles. The molecule has 0 aliphatic carbocycles. The van der Waals surface area contributed by atoms with Crippen LogP contribution in [0.15, 0.2) is 18.3 Å². The number of nitrogens with zero attached hydrogens (tertiary/aromatic N) is 6. The van der Waals surface area contributed by atoms with E-state index in [2.05, 4.69) is 27.3 Å². The van der Waals surface area contributed by atoms with Crippen molar-refractivity contribution in [1.82, 2.24) is 29.8 Å². The Morgan fingerprint density at radius 2 is 1.84 bits per heavy atom. The van der Waals surface area contributed by atoms with Crippen LogP contribution in [-0.2, 0) is 20.5 Å². The van der Waals surface area contributed by atoms with Crippen molar-refractivity contribution < 1.29 is 4.74 Å². The van der Waals surface area contributed by atoms with Crippen LogP contribution < -0.4 is 4.74 Å². The van der Waals surface area contributed by atoms with E-state index in [0.29, 0.717) is 11.7 Å². The maximum absolute atomic E-state index is 6.08. The quantitative estimate of drug-likeness (QED) is 0.688. The van der Waals surface area contributed by atoms with Crippen LogP contribution in [0, 0.1) is 13.8 Å². The Morgan fingerprint density at radius 3 is 2.44 bits per heavy atom.